The zero-order chi connectivity index (χ0) is 17.0. The molecule has 0 spiro atoms. The van der Waals surface area contributed by atoms with Gasteiger partial charge in [-0.3, -0.25) is 4.79 Å². The first-order chi connectivity index (χ1) is 11.6. The Morgan fingerprint density at radius 1 is 1.08 bits per heavy atom. The van der Waals surface area contributed by atoms with Crippen LogP contribution in [0.15, 0.2) is 52.0 Å². The van der Waals surface area contributed by atoms with E-state index in [0.717, 1.165) is 19.3 Å². The molecule has 24 heavy (non-hydrogen) atoms. The molecular formula is C17H20N2O4S. The van der Waals surface area contributed by atoms with Gasteiger partial charge in [-0.1, -0.05) is 24.6 Å². The van der Waals surface area contributed by atoms with E-state index in [-0.39, 0.29) is 23.1 Å². The smallest absolute Gasteiger partial charge is 0.287 e. The molecule has 0 aliphatic carbocycles. The highest BCUT2D eigenvalue weighted by Gasteiger charge is 2.27. The molecule has 2 heterocycles. The molecule has 1 aliphatic heterocycles. The lowest BCUT2D eigenvalue weighted by molar-refractivity contribution is 0.0923. The number of nitrogens with one attached hydrogen (secondary N) is 1. The summed E-state index contributed by atoms with van der Waals surface area (Å²) in [7, 11) is -3.54. The number of furan rings is 1. The average molecular weight is 348 g/mol. The summed E-state index contributed by atoms with van der Waals surface area (Å²) in [6.45, 7) is 1.23. The Kier molecular flexibility index (Phi) is 5.01. The summed E-state index contributed by atoms with van der Waals surface area (Å²) < 4.78 is 32.3. The molecule has 2 aromatic rings. The minimum atomic E-state index is -3.54. The number of rotatable bonds is 5. The Bertz CT molecular complexity index is 794. The Morgan fingerprint density at radius 2 is 1.83 bits per heavy atom. The number of carbonyl (C=O) groups excluding carboxylic acids is 1. The quantitative estimate of drug-likeness (QED) is 0.900. The maximum absolute atomic E-state index is 12.9. The highest BCUT2D eigenvalue weighted by atomic mass is 32.2. The van der Waals surface area contributed by atoms with Crippen LogP contribution in [0.4, 0.5) is 0 Å². The van der Waals surface area contributed by atoms with Crippen LogP contribution < -0.4 is 5.32 Å². The van der Waals surface area contributed by atoms with Gasteiger partial charge in [0.15, 0.2) is 5.76 Å². The van der Waals surface area contributed by atoms with Crippen LogP contribution in [0.3, 0.4) is 0 Å². The standard InChI is InChI=1S/C17H20N2O4S/c20-17(15-8-6-12-23-15)18-13-14-7-2-3-9-16(14)24(21,22)19-10-4-1-5-11-19/h2-3,6-9,12H,1,4-5,10-11,13H2,(H,18,20). The molecule has 0 atom stereocenters. The summed E-state index contributed by atoms with van der Waals surface area (Å²) in [6.07, 6.45) is 4.25. The fraction of sp³-hybridized carbons (Fsp3) is 0.353. The van der Waals surface area contributed by atoms with E-state index in [9.17, 15) is 13.2 Å². The lowest BCUT2D eigenvalue weighted by Gasteiger charge is -2.26. The van der Waals surface area contributed by atoms with Crippen molar-refractivity contribution in [1.82, 2.24) is 9.62 Å². The van der Waals surface area contributed by atoms with Crippen molar-refractivity contribution in [1.29, 1.82) is 0 Å². The number of carbonyl (C=O) groups is 1. The van der Waals surface area contributed by atoms with Crippen molar-refractivity contribution in [2.45, 2.75) is 30.7 Å². The summed E-state index contributed by atoms with van der Waals surface area (Å²) in [6, 6.07) is 9.98. The first kappa shape index (κ1) is 16.7. The maximum atomic E-state index is 12.9. The molecule has 128 valence electrons. The second-order valence-corrected chi connectivity index (χ2v) is 7.64. The largest absolute Gasteiger partial charge is 0.459 e. The zero-order valence-corrected chi connectivity index (χ0v) is 14.1. The van der Waals surface area contributed by atoms with Gasteiger partial charge in [0, 0.05) is 19.6 Å². The molecule has 1 aromatic heterocycles. The average Bonchev–Trinajstić information content (AvgIpc) is 3.15. The van der Waals surface area contributed by atoms with Crippen LogP contribution >= 0.6 is 0 Å². The van der Waals surface area contributed by atoms with Gasteiger partial charge in [0.1, 0.15) is 0 Å². The van der Waals surface area contributed by atoms with E-state index in [1.54, 1.807) is 36.4 Å². The molecule has 3 rings (SSSR count). The summed E-state index contributed by atoms with van der Waals surface area (Å²) in [5.74, 6) is -0.170. The monoisotopic (exact) mass is 348 g/mol. The minimum Gasteiger partial charge on any atom is -0.459 e. The summed E-state index contributed by atoms with van der Waals surface area (Å²) in [5, 5.41) is 2.70. The van der Waals surface area contributed by atoms with Gasteiger partial charge >= 0.3 is 0 Å². The zero-order valence-electron chi connectivity index (χ0n) is 13.3. The molecule has 0 unspecified atom stereocenters. The third kappa shape index (κ3) is 3.52. The van der Waals surface area contributed by atoms with Gasteiger partial charge in [-0.15, -0.1) is 0 Å². The molecule has 6 nitrogen and oxygen atoms in total. The fourth-order valence-electron chi connectivity index (χ4n) is 2.82. The molecule has 1 saturated heterocycles. The highest BCUT2D eigenvalue weighted by Crippen LogP contribution is 2.23. The number of hydrogen-bond acceptors (Lipinski definition) is 4. The lowest BCUT2D eigenvalue weighted by atomic mass is 10.2. The van der Waals surface area contributed by atoms with E-state index in [1.165, 1.54) is 10.6 Å². The van der Waals surface area contributed by atoms with Crippen molar-refractivity contribution in [2.75, 3.05) is 13.1 Å². The lowest BCUT2D eigenvalue weighted by Crippen LogP contribution is -2.36. The Hall–Kier alpha value is -2.12. The molecular weight excluding hydrogens is 328 g/mol. The SMILES string of the molecule is O=C(NCc1ccccc1S(=O)(=O)N1CCCCC1)c1ccco1. The van der Waals surface area contributed by atoms with Crippen LogP contribution in [0.1, 0.15) is 35.4 Å². The molecule has 0 bridgehead atoms. The molecule has 1 aliphatic rings. The maximum Gasteiger partial charge on any atom is 0.287 e. The third-order valence-electron chi connectivity index (χ3n) is 4.09. The fourth-order valence-corrected chi connectivity index (χ4v) is 4.56. The predicted octanol–water partition coefficient (Wildman–Crippen LogP) is 2.38. The number of amides is 1. The van der Waals surface area contributed by atoms with Crippen molar-refractivity contribution in [3.8, 4) is 0 Å². The van der Waals surface area contributed by atoms with E-state index in [4.69, 9.17) is 4.42 Å². The van der Waals surface area contributed by atoms with E-state index in [1.807, 2.05) is 0 Å². The second kappa shape index (κ2) is 7.19. The Balaban J connectivity index is 1.78. The van der Waals surface area contributed by atoms with Crippen molar-refractivity contribution in [2.24, 2.45) is 0 Å². The van der Waals surface area contributed by atoms with Crippen molar-refractivity contribution in [3.63, 3.8) is 0 Å². The van der Waals surface area contributed by atoms with Crippen LogP contribution in [-0.2, 0) is 16.6 Å². The third-order valence-corrected chi connectivity index (χ3v) is 6.09. The van der Waals surface area contributed by atoms with Crippen molar-refractivity contribution < 1.29 is 17.6 Å². The summed E-state index contributed by atoms with van der Waals surface area (Å²) in [5.41, 5.74) is 0.572. The van der Waals surface area contributed by atoms with Gasteiger partial charge in [-0.2, -0.15) is 4.31 Å². The van der Waals surface area contributed by atoms with Gasteiger partial charge in [0.2, 0.25) is 10.0 Å². The minimum absolute atomic E-state index is 0.128. The molecule has 7 heteroatoms. The number of sulfonamides is 1. The van der Waals surface area contributed by atoms with E-state index in [2.05, 4.69) is 5.32 Å². The van der Waals surface area contributed by atoms with Gasteiger partial charge < -0.3 is 9.73 Å². The number of hydrogen-bond donors (Lipinski definition) is 1. The van der Waals surface area contributed by atoms with Gasteiger partial charge in [0.25, 0.3) is 5.91 Å². The van der Waals surface area contributed by atoms with E-state index in [0.29, 0.717) is 18.7 Å². The first-order valence-corrected chi connectivity index (χ1v) is 9.43. The van der Waals surface area contributed by atoms with Crippen LogP contribution in [0.2, 0.25) is 0 Å². The first-order valence-electron chi connectivity index (χ1n) is 7.99. The van der Waals surface area contributed by atoms with Gasteiger partial charge in [-0.25, -0.2) is 8.42 Å². The number of nitrogens with zero attached hydrogens (tertiary/aromatic N) is 1. The Labute approximate surface area is 141 Å². The van der Waals surface area contributed by atoms with Crippen LogP contribution in [0.5, 0.6) is 0 Å². The molecule has 0 saturated carbocycles. The molecule has 1 fully saturated rings. The van der Waals surface area contributed by atoms with Gasteiger partial charge in [0.05, 0.1) is 11.2 Å². The highest BCUT2D eigenvalue weighted by molar-refractivity contribution is 7.89. The topological polar surface area (TPSA) is 79.6 Å². The van der Waals surface area contributed by atoms with Crippen LogP contribution in [0.25, 0.3) is 0 Å². The summed E-state index contributed by atoms with van der Waals surface area (Å²) >= 11 is 0. The predicted molar refractivity (Wildman–Crippen MR) is 88.9 cm³/mol. The normalized spacial score (nSPS) is 16.0. The molecule has 1 N–H and O–H groups in total. The van der Waals surface area contributed by atoms with E-state index < -0.39 is 10.0 Å². The van der Waals surface area contributed by atoms with Gasteiger partial charge in [-0.05, 0) is 36.6 Å². The molecule has 1 aromatic carbocycles. The van der Waals surface area contributed by atoms with Crippen molar-refractivity contribution >= 4 is 15.9 Å². The van der Waals surface area contributed by atoms with Crippen LogP contribution in [0, 0.1) is 0 Å². The Morgan fingerprint density at radius 3 is 2.54 bits per heavy atom. The van der Waals surface area contributed by atoms with Crippen LogP contribution in [-0.4, -0.2) is 31.7 Å². The number of piperidine rings is 1. The molecule has 0 radical (unpaired) electrons. The number of benzene rings is 1. The van der Waals surface area contributed by atoms with Crippen molar-refractivity contribution in [3.05, 3.63) is 54.0 Å². The van der Waals surface area contributed by atoms with E-state index >= 15 is 0 Å². The molecule has 1 amide bonds. The second-order valence-electron chi connectivity index (χ2n) is 5.73. The summed E-state index contributed by atoms with van der Waals surface area (Å²) in [4.78, 5) is 12.2.